The number of hydrogen-bond acceptors (Lipinski definition) is 4. The van der Waals surface area contributed by atoms with Gasteiger partial charge in [0.25, 0.3) is 0 Å². The van der Waals surface area contributed by atoms with E-state index < -0.39 is 6.10 Å². The smallest absolute Gasteiger partial charge is 0.0897 e. The van der Waals surface area contributed by atoms with Crippen LogP contribution in [-0.4, -0.2) is 60.0 Å². The number of hydrogen-bond donors (Lipinski definition) is 3. The van der Waals surface area contributed by atoms with E-state index in [0.29, 0.717) is 6.54 Å². The average Bonchev–Trinajstić information content (AvgIpc) is 2.83. The second-order valence-corrected chi connectivity index (χ2v) is 5.18. The largest absolute Gasteiger partial charge is 0.394 e. The van der Waals surface area contributed by atoms with Crippen LogP contribution >= 0.6 is 0 Å². The van der Waals surface area contributed by atoms with Gasteiger partial charge < -0.3 is 20.4 Å². The zero-order valence-corrected chi connectivity index (χ0v) is 9.94. The van der Waals surface area contributed by atoms with Crippen molar-refractivity contribution in [3.63, 3.8) is 0 Å². The lowest BCUT2D eigenvalue weighted by Crippen LogP contribution is -2.43. The molecule has 0 saturated carbocycles. The summed E-state index contributed by atoms with van der Waals surface area (Å²) in [6, 6.07) is 0.741. The predicted molar refractivity (Wildman–Crippen MR) is 63.3 cm³/mol. The minimum absolute atomic E-state index is 0.121. The number of aliphatic hydroxyl groups excluding tert-OH is 2. The highest BCUT2D eigenvalue weighted by atomic mass is 16.3. The first-order valence-corrected chi connectivity index (χ1v) is 6.54. The third-order valence-corrected chi connectivity index (χ3v) is 3.98. The van der Waals surface area contributed by atoms with Crippen LogP contribution in [0, 0.1) is 5.92 Å². The normalized spacial score (nSPS) is 30.8. The molecule has 0 aromatic rings. The van der Waals surface area contributed by atoms with E-state index in [-0.39, 0.29) is 6.61 Å². The Balaban J connectivity index is 1.69. The van der Waals surface area contributed by atoms with Crippen molar-refractivity contribution in [1.82, 2.24) is 10.2 Å². The van der Waals surface area contributed by atoms with Crippen LogP contribution in [0.5, 0.6) is 0 Å². The van der Waals surface area contributed by atoms with Gasteiger partial charge in [-0.1, -0.05) is 0 Å². The molecular weight excluding hydrogens is 204 g/mol. The van der Waals surface area contributed by atoms with E-state index in [1.54, 1.807) is 0 Å². The summed E-state index contributed by atoms with van der Waals surface area (Å²) in [5.74, 6) is 0.824. The fourth-order valence-electron chi connectivity index (χ4n) is 3.01. The van der Waals surface area contributed by atoms with E-state index in [9.17, 15) is 5.11 Å². The molecule has 2 rings (SSSR count). The molecule has 2 aliphatic rings. The minimum atomic E-state index is -0.568. The Morgan fingerprint density at radius 3 is 2.56 bits per heavy atom. The average molecular weight is 228 g/mol. The third kappa shape index (κ3) is 3.17. The van der Waals surface area contributed by atoms with E-state index >= 15 is 0 Å². The first-order chi connectivity index (χ1) is 7.79. The molecule has 3 N–H and O–H groups in total. The second-order valence-electron chi connectivity index (χ2n) is 5.18. The molecule has 0 aromatic heterocycles. The zero-order chi connectivity index (χ0) is 11.4. The molecule has 4 heteroatoms. The molecular formula is C12H24N2O2. The molecule has 2 unspecified atom stereocenters. The van der Waals surface area contributed by atoms with E-state index in [1.165, 1.54) is 32.2 Å². The molecule has 2 saturated heterocycles. The molecule has 0 radical (unpaired) electrons. The lowest BCUT2D eigenvalue weighted by molar-refractivity contribution is 0.0450. The molecule has 0 bridgehead atoms. The minimum Gasteiger partial charge on any atom is -0.394 e. The van der Waals surface area contributed by atoms with Gasteiger partial charge in [0.2, 0.25) is 0 Å². The summed E-state index contributed by atoms with van der Waals surface area (Å²) < 4.78 is 0. The molecule has 0 spiro atoms. The Morgan fingerprint density at radius 2 is 2.00 bits per heavy atom. The number of piperidine rings is 1. The number of nitrogens with zero attached hydrogens (tertiary/aromatic N) is 1. The Labute approximate surface area is 97.6 Å². The monoisotopic (exact) mass is 228 g/mol. The zero-order valence-electron chi connectivity index (χ0n) is 9.94. The molecule has 0 amide bonds. The van der Waals surface area contributed by atoms with Crippen molar-refractivity contribution in [1.29, 1.82) is 0 Å². The molecule has 0 aromatic carbocycles. The predicted octanol–water partition coefficient (Wildman–Crippen LogP) is -0.196. The van der Waals surface area contributed by atoms with Gasteiger partial charge in [-0.2, -0.15) is 0 Å². The summed E-state index contributed by atoms with van der Waals surface area (Å²) in [4.78, 5) is 2.27. The van der Waals surface area contributed by atoms with E-state index in [0.717, 1.165) is 25.0 Å². The first-order valence-electron chi connectivity index (χ1n) is 6.54. The molecule has 0 aliphatic carbocycles. The van der Waals surface area contributed by atoms with Crippen LogP contribution in [0.4, 0.5) is 0 Å². The summed E-state index contributed by atoms with van der Waals surface area (Å²) >= 11 is 0. The summed E-state index contributed by atoms with van der Waals surface area (Å²) in [7, 11) is 0. The molecule has 2 atom stereocenters. The maximum absolute atomic E-state index is 9.38. The highest BCUT2D eigenvalue weighted by Gasteiger charge is 2.28. The van der Waals surface area contributed by atoms with Gasteiger partial charge in [0.15, 0.2) is 0 Å². The molecule has 2 aliphatic heterocycles. The van der Waals surface area contributed by atoms with Crippen LogP contribution in [0.15, 0.2) is 0 Å². The van der Waals surface area contributed by atoms with Gasteiger partial charge in [-0.15, -0.1) is 0 Å². The van der Waals surface area contributed by atoms with Gasteiger partial charge in [-0.25, -0.2) is 0 Å². The molecule has 16 heavy (non-hydrogen) atoms. The maximum Gasteiger partial charge on any atom is 0.0897 e. The fourth-order valence-corrected chi connectivity index (χ4v) is 3.01. The lowest BCUT2D eigenvalue weighted by atomic mass is 9.88. The van der Waals surface area contributed by atoms with Crippen LogP contribution in [0.25, 0.3) is 0 Å². The SMILES string of the molecule is OCC(O)CN1CCC(C2CCCN2)CC1. The number of likely N-dealkylation sites (tertiary alicyclic amines) is 1. The first kappa shape index (κ1) is 12.3. The molecule has 2 heterocycles. The van der Waals surface area contributed by atoms with E-state index in [2.05, 4.69) is 10.2 Å². The van der Waals surface area contributed by atoms with E-state index in [4.69, 9.17) is 5.11 Å². The topological polar surface area (TPSA) is 55.7 Å². The number of rotatable bonds is 4. The Kier molecular flexibility index (Phi) is 4.58. The van der Waals surface area contributed by atoms with E-state index in [1.807, 2.05) is 0 Å². The highest BCUT2D eigenvalue weighted by Crippen LogP contribution is 2.25. The number of nitrogens with one attached hydrogen (secondary N) is 1. The van der Waals surface area contributed by atoms with Crippen molar-refractivity contribution in [2.24, 2.45) is 5.92 Å². The summed E-state index contributed by atoms with van der Waals surface area (Å²) in [5, 5.41) is 21.8. The second kappa shape index (κ2) is 5.96. The lowest BCUT2D eigenvalue weighted by Gasteiger charge is -2.35. The van der Waals surface area contributed by atoms with Crippen LogP contribution in [0.3, 0.4) is 0 Å². The van der Waals surface area contributed by atoms with Crippen molar-refractivity contribution in [2.45, 2.75) is 37.8 Å². The standard InChI is InChI=1S/C12H24N2O2/c15-9-11(16)8-14-6-3-10(4-7-14)12-2-1-5-13-12/h10-13,15-16H,1-9H2. The fraction of sp³-hybridized carbons (Fsp3) is 1.00. The molecule has 2 fully saturated rings. The highest BCUT2D eigenvalue weighted by molar-refractivity contribution is 4.85. The maximum atomic E-state index is 9.38. The van der Waals surface area contributed by atoms with Gasteiger partial charge in [0, 0.05) is 12.6 Å². The summed E-state index contributed by atoms with van der Waals surface area (Å²) in [6.45, 7) is 3.83. The van der Waals surface area contributed by atoms with Gasteiger partial charge >= 0.3 is 0 Å². The Hall–Kier alpha value is -0.160. The number of β-amino-alcohol motifs (C(OH)–C–C–N with tert-alkyl or cyclic N) is 1. The van der Waals surface area contributed by atoms with Crippen LogP contribution < -0.4 is 5.32 Å². The third-order valence-electron chi connectivity index (χ3n) is 3.98. The van der Waals surface area contributed by atoms with Crippen LogP contribution in [0.1, 0.15) is 25.7 Å². The Morgan fingerprint density at radius 1 is 1.25 bits per heavy atom. The van der Waals surface area contributed by atoms with Crippen LogP contribution in [-0.2, 0) is 0 Å². The van der Waals surface area contributed by atoms with Crippen molar-refractivity contribution in [3.05, 3.63) is 0 Å². The molecule has 4 nitrogen and oxygen atoms in total. The van der Waals surface area contributed by atoms with Crippen molar-refractivity contribution < 1.29 is 10.2 Å². The molecule has 94 valence electrons. The summed E-state index contributed by atoms with van der Waals surface area (Å²) in [5.41, 5.74) is 0. The van der Waals surface area contributed by atoms with Gasteiger partial charge in [0.05, 0.1) is 12.7 Å². The van der Waals surface area contributed by atoms with Crippen molar-refractivity contribution in [3.8, 4) is 0 Å². The van der Waals surface area contributed by atoms with Crippen molar-refractivity contribution >= 4 is 0 Å². The van der Waals surface area contributed by atoms with Crippen LogP contribution in [0.2, 0.25) is 0 Å². The number of aliphatic hydroxyl groups is 2. The van der Waals surface area contributed by atoms with Gasteiger partial charge in [-0.05, 0) is 51.2 Å². The Bertz CT molecular complexity index is 199. The van der Waals surface area contributed by atoms with Gasteiger partial charge in [0.1, 0.15) is 0 Å². The van der Waals surface area contributed by atoms with Crippen molar-refractivity contribution in [2.75, 3.05) is 32.8 Å². The quantitative estimate of drug-likeness (QED) is 0.624. The summed E-state index contributed by atoms with van der Waals surface area (Å²) in [6.07, 6.45) is 4.56. The van der Waals surface area contributed by atoms with Gasteiger partial charge in [-0.3, -0.25) is 0 Å².